The molecule has 0 saturated carbocycles. The lowest BCUT2D eigenvalue weighted by Crippen LogP contribution is -2.27. The van der Waals surface area contributed by atoms with Gasteiger partial charge in [0.1, 0.15) is 22.3 Å². The molecule has 0 radical (unpaired) electrons. The van der Waals surface area contributed by atoms with Gasteiger partial charge in [0.2, 0.25) is 0 Å². The minimum absolute atomic E-state index is 0.00404. The number of halogens is 1. The van der Waals surface area contributed by atoms with Gasteiger partial charge in [-0.1, -0.05) is 12.1 Å². The highest BCUT2D eigenvalue weighted by molar-refractivity contribution is 7.98. The number of thiazole rings is 1. The molecule has 0 bridgehead atoms. The second kappa shape index (κ2) is 12.2. The Kier molecular flexibility index (Phi) is 8.74. The molecular formula is C26H27FN4O3S2. The smallest absolute Gasteiger partial charge is 0.293 e. The van der Waals surface area contributed by atoms with Crippen molar-refractivity contribution in [1.82, 2.24) is 9.88 Å². The molecule has 1 aromatic heterocycles. The van der Waals surface area contributed by atoms with E-state index in [4.69, 9.17) is 4.74 Å². The molecule has 7 nitrogen and oxygen atoms in total. The normalized spacial score (nSPS) is 11.2. The first-order valence-electron chi connectivity index (χ1n) is 11.4. The van der Waals surface area contributed by atoms with Crippen LogP contribution in [0.1, 0.15) is 5.56 Å². The van der Waals surface area contributed by atoms with Crippen LogP contribution < -0.4 is 10.1 Å². The van der Waals surface area contributed by atoms with Gasteiger partial charge in [-0.15, -0.1) is 11.3 Å². The van der Waals surface area contributed by atoms with Crippen molar-refractivity contribution in [3.63, 3.8) is 0 Å². The molecule has 4 rings (SSSR count). The molecule has 0 amide bonds. The van der Waals surface area contributed by atoms with Crippen molar-refractivity contribution in [2.45, 2.75) is 5.75 Å². The standard InChI is InChI=1S/C26H27FN4O3S2/c1-30(13-14-35-17-18-3-7-21(34-2)8-4-18)12-11-28-22-9-5-19(15-24(22)31(32)33)26-29-23-10-6-20(27)16-25(23)36-26/h3-10,15-16,28H,11-14,17H2,1-2H3. The van der Waals surface area contributed by atoms with Gasteiger partial charge in [-0.3, -0.25) is 10.1 Å². The number of hydrogen-bond acceptors (Lipinski definition) is 8. The summed E-state index contributed by atoms with van der Waals surface area (Å²) in [7, 11) is 3.71. The molecule has 36 heavy (non-hydrogen) atoms. The number of nitro groups is 1. The maximum Gasteiger partial charge on any atom is 0.293 e. The van der Waals surface area contributed by atoms with Crippen molar-refractivity contribution in [2.75, 3.05) is 44.9 Å². The highest BCUT2D eigenvalue weighted by atomic mass is 32.2. The van der Waals surface area contributed by atoms with Crippen LogP contribution in [0.15, 0.2) is 60.7 Å². The van der Waals surface area contributed by atoms with Crippen LogP contribution in [0.4, 0.5) is 15.8 Å². The summed E-state index contributed by atoms with van der Waals surface area (Å²) in [5.74, 6) is 2.46. The Balaban J connectivity index is 1.28. The average molecular weight is 527 g/mol. The van der Waals surface area contributed by atoms with Gasteiger partial charge in [-0.25, -0.2) is 9.37 Å². The van der Waals surface area contributed by atoms with E-state index in [1.54, 1.807) is 19.2 Å². The van der Waals surface area contributed by atoms with Crippen LogP contribution in [-0.4, -0.2) is 54.4 Å². The SMILES string of the molecule is COc1ccc(CSCCN(C)CCNc2ccc(-c3nc4ccc(F)cc4s3)cc2[N+](=O)[O-])cc1. The average Bonchev–Trinajstić information content (AvgIpc) is 3.30. The minimum atomic E-state index is -0.391. The molecule has 1 heterocycles. The molecule has 0 aliphatic rings. The van der Waals surface area contributed by atoms with Gasteiger partial charge in [0.05, 0.1) is 22.2 Å². The number of benzene rings is 3. The van der Waals surface area contributed by atoms with E-state index in [9.17, 15) is 14.5 Å². The van der Waals surface area contributed by atoms with Crippen molar-refractivity contribution >= 4 is 44.7 Å². The molecule has 0 aliphatic heterocycles. The van der Waals surface area contributed by atoms with E-state index in [1.165, 1.54) is 35.1 Å². The lowest BCUT2D eigenvalue weighted by atomic mass is 10.1. The number of ether oxygens (including phenoxy) is 1. The van der Waals surface area contributed by atoms with E-state index in [0.717, 1.165) is 30.3 Å². The number of anilines is 1. The lowest BCUT2D eigenvalue weighted by Gasteiger charge is -2.17. The van der Waals surface area contributed by atoms with Crippen LogP contribution in [-0.2, 0) is 5.75 Å². The number of thioether (sulfide) groups is 1. The molecule has 0 fully saturated rings. The van der Waals surface area contributed by atoms with Crippen molar-refractivity contribution in [2.24, 2.45) is 0 Å². The molecule has 10 heteroatoms. The van der Waals surface area contributed by atoms with Gasteiger partial charge < -0.3 is 15.0 Å². The van der Waals surface area contributed by atoms with Gasteiger partial charge in [0.25, 0.3) is 5.69 Å². The van der Waals surface area contributed by atoms with Gasteiger partial charge in [-0.2, -0.15) is 11.8 Å². The van der Waals surface area contributed by atoms with Gasteiger partial charge in [0, 0.05) is 42.8 Å². The van der Waals surface area contributed by atoms with E-state index in [2.05, 4.69) is 27.3 Å². The summed E-state index contributed by atoms with van der Waals surface area (Å²) in [5.41, 5.74) is 3.04. The second-order valence-corrected chi connectivity index (χ2v) is 10.4. The van der Waals surface area contributed by atoms with Crippen LogP contribution in [0.5, 0.6) is 5.75 Å². The van der Waals surface area contributed by atoms with Crippen molar-refractivity contribution < 1.29 is 14.1 Å². The number of nitro benzene ring substituents is 1. The Morgan fingerprint density at radius 1 is 1.14 bits per heavy atom. The number of nitrogens with one attached hydrogen (secondary N) is 1. The number of fused-ring (bicyclic) bond motifs is 1. The van der Waals surface area contributed by atoms with E-state index >= 15 is 0 Å². The molecule has 0 spiro atoms. The molecule has 1 N–H and O–H groups in total. The van der Waals surface area contributed by atoms with Gasteiger partial charge in [0.15, 0.2) is 0 Å². The quantitative estimate of drug-likeness (QED) is 0.132. The Morgan fingerprint density at radius 3 is 2.69 bits per heavy atom. The first-order valence-corrected chi connectivity index (χ1v) is 13.4. The van der Waals surface area contributed by atoms with Crippen molar-refractivity contribution in [3.8, 4) is 16.3 Å². The maximum absolute atomic E-state index is 13.5. The number of nitrogens with zero attached hydrogens (tertiary/aromatic N) is 3. The third-order valence-corrected chi connectivity index (χ3v) is 7.72. The molecule has 188 valence electrons. The largest absolute Gasteiger partial charge is 0.497 e. The second-order valence-electron chi connectivity index (χ2n) is 8.25. The Morgan fingerprint density at radius 2 is 1.94 bits per heavy atom. The predicted molar refractivity (Wildman–Crippen MR) is 147 cm³/mol. The van der Waals surface area contributed by atoms with E-state index in [1.807, 2.05) is 37.0 Å². The summed E-state index contributed by atoms with van der Waals surface area (Å²) in [6.45, 7) is 2.26. The topological polar surface area (TPSA) is 80.5 Å². The Bertz CT molecular complexity index is 1330. The zero-order valence-corrected chi connectivity index (χ0v) is 21.7. The van der Waals surface area contributed by atoms with Gasteiger partial charge in [-0.05, 0) is 55.1 Å². The summed E-state index contributed by atoms with van der Waals surface area (Å²) >= 11 is 3.18. The summed E-state index contributed by atoms with van der Waals surface area (Å²) in [4.78, 5) is 18.0. The highest BCUT2D eigenvalue weighted by Gasteiger charge is 2.17. The summed E-state index contributed by atoms with van der Waals surface area (Å²) in [6, 6.07) is 17.5. The monoisotopic (exact) mass is 526 g/mol. The first kappa shape index (κ1) is 25.9. The third-order valence-electron chi connectivity index (χ3n) is 5.65. The molecule has 4 aromatic rings. The fourth-order valence-electron chi connectivity index (χ4n) is 3.61. The molecule has 0 aliphatic carbocycles. The van der Waals surface area contributed by atoms with Crippen LogP contribution in [0.3, 0.4) is 0 Å². The van der Waals surface area contributed by atoms with Crippen LogP contribution in [0.2, 0.25) is 0 Å². The maximum atomic E-state index is 13.5. The zero-order chi connectivity index (χ0) is 25.5. The Labute approximate surface area is 217 Å². The van der Waals surface area contributed by atoms with E-state index in [-0.39, 0.29) is 11.5 Å². The van der Waals surface area contributed by atoms with Crippen LogP contribution >= 0.6 is 23.1 Å². The van der Waals surface area contributed by atoms with E-state index in [0.29, 0.717) is 33.0 Å². The Hall–Kier alpha value is -3.21. The molecule has 3 aromatic carbocycles. The number of rotatable bonds is 12. The summed E-state index contributed by atoms with van der Waals surface area (Å²) in [6.07, 6.45) is 0. The molecular weight excluding hydrogens is 499 g/mol. The molecule has 0 atom stereocenters. The van der Waals surface area contributed by atoms with Crippen molar-refractivity contribution in [3.05, 3.63) is 82.2 Å². The fraction of sp³-hybridized carbons (Fsp3) is 0.269. The van der Waals surface area contributed by atoms with Crippen LogP contribution in [0, 0.1) is 15.9 Å². The zero-order valence-electron chi connectivity index (χ0n) is 20.1. The number of hydrogen-bond donors (Lipinski definition) is 1. The summed E-state index contributed by atoms with van der Waals surface area (Å²) in [5, 5.41) is 15.5. The van der Waals surface area contributed by atoms with Crippen LogP contribution in [0.25, 0.3) is 20.8 Å². The first-order chi connectivity index (χ1) is 17.4. The van der Waals surface area contributed by atoms with Crippen molar-refractivity contribution in [1.29, 1.82) is 0 Å². The van der Waals surface area contributed by atoms with Gasteiger partial charge >= 0.3 is 0 Å². The fourth-order valence-corrected chi connectivity index (χ4v) is 5.61. The lowest BCUT2D eigenvalue weighted by molar-refractivity contribution is -0.383. The minimum Gasteiger partial charge on any atom is -0.497 e. The molecule has 0 saturated heterocycles. The third kappa shape index (κ3) is 6.71. The highest BCUT2D eigenvalue weighted by Crippen LogP contribution is 2.35. The molecule has 0 unspecified atom stereocenters. The number of likely N-dealkylation sites (N-methyl/N-ethyl adjacent to an activating group) is 1. The summed E-state index contributed by atoms with van der Waals surface area (Å²) < 4.78 is 19.4. The number of aromatic nitrogens is 1. The number of methoxy groups -OCH3 is 1. The van der Waals surface area contributed by atoms with E-state index < -0.39 is 4.92 Å². The predicted octanol–water partition coefficient (Wildman–Crippen LogP) is 6.30.